The molecule has 0 fully saturated rings. The quantitative estimate of drug-likeness (QED) is 0.823. The highest BCUT2D eigenvalue weighted by Crippen LogP contribution is 2.09. The van der Waals surface area contributed by atoms with E-state index in [0.29, 0.717) is 12.2 Å². The molecular formula is C16H23ClN4O. The van der Waals surface area contributed by atoms with E-state index in [2.05, 4.69) is 22.5 Å². The minimum Gasteiger partial charge on any atom is -0.320 e. The van der Waals surface area contributed by atoms with Crippen LogP contribution in [0.4, 0.5) is 5.82 Å². The van der Waals surface area contributed by atoms with Crippen molar-refractivity contribution in [3.63, 3.8) is 0 Å². The SMILES string of the molecule is CCCC(N)C(=O)Nc1ccnn1CCc1ccccc1.Cl. The van der Waals surface area contributed by atoms with Gasteiger partial charge in [0.15, 0.2) is 0 Å². The molecule has 1 atom stereocenters. The molecule has 0 aliphatic heterocycles. The summed E-state index contributed by atoms with van der Waals surface area (Å²) in [6.45, 7) is 2.73. The molecule has 3 N–H and O–H groups in total. The maximum absolute atomic E-state index is 11.9. The third-order valence-electron chi connectivity index (χ3n) is 3.36. The average Bonchev–Trinajstić information content (AvgIpc) is 2.93. The van der Waals surface area contributed by atoms with Gasteiger partial charge >= 0.3 is 0 Å². The molecule has 0 spiro atoms. The van der Waals surface area contributed by atoms with E-state index in [4.69, 9.17) is 5.73 Å². The molecule has 0 aliphatic rings. The van der Waals surface area contributed by atoms with Gasteiger partial charge in [-0.15, -0.1) is 12.4 Å². The summed E-state index contributed by atoms with van der Waals surface area (Å²) in [5.74, 6) is 0.542. The van der Waals surface area contributed by atoms with Gasteiger partial charge in [-0.25, -0.2) is 4.68 Å². The molecular weight excluding hydrogens is 300 g/mol. The maximum atomic E-state index is 11.9. The molecule has 1 aromatic heterocycles. The largest absolute Gasteiger partial charge is 0.320 e. The minimum absolute atomic E-state index is 0. The smallest absolute Gasteiger partial charge is 0.242 e. The van der Waals surface area contributed by atoms with Crippen LogP contribution in [0.5, 0.6) is 0 Å². The number of hydrogen-bond acceptors (Lipinski definition) is 3. The van der Waals surface area contributed by atoms with Crippen LogP contribution in [0.2, 0.25) is 0 Å². The number of nitrogens with two attached hydrogens (primary N) is 1. The zero-order chi connectivity index (χ0) is 15.1. The molecule has 0 aliphatic carbocycles. The fraction of sp³-hybridized carbons (Fsp3) is 0.375. The van der Waals surface area contributed by atoms with E-state index in [-0.39, 0.29) is 18.3 Å². The fourth-order valence-electron chi connectivity index (χ4n) is 2.16. The zero-order valence-electron chi connectivity index (χ0n) is 12.7. The van der Waals surface area contributed by atoms with Crippen LogP contribution in [0.25, 0.3) is 0 Å². The number of anilines is 1. The number of aryl methyl sites for hydroxylation is 2. The highest BCUT2D eigenvalue weighted by atomic mass is 35.5. The van der Waals surface area contributed by atoms with E-state index in [9.17, 15) is 4.79 Å². The minimum atomic E-state index is -0.465. The van der Waals surface area contributed by atoms with Gasteiger partial charge in [0.25, 0.3) is 0 Å². The Morgan fingerprint density at radius 1 is 1.32 bits per heavy atom. The van der Waals surface area contributed by atoms with Gasteiger partial charge in [0.1, 0.15) is 5.82 Å². The lowest BCUT2D eigenvalue weighted by Gasteiger charge is -2.12. The third kappa shape index (κ3) is 5.16. The van der Waals surface area contributed by atoms with Crippen LogP contribution in [0, 0.1) is 0 Å². The van der Waals surface area contributed by atoms with Crippen molar-refractivity contribution < 1.29 is 4.79 Å². The summed E-state index contributed by atoms with van der Waals surface area (Å²) in [5, 5.41) is 7.10. The van der Waals surface area contributed by atoms with Crippen LogP contribution in [0.15, 0.2) is 42.6 Å². The van der Waals surface area contributed by atoms with Crippen LogP contribution in [-0.2, 0) is 17.8 Å². The predicted octanol–water partition coefficient (Wildman–Crippen LogP) is 2.61. The van der Waals surface area contributed by atoms with Gasteiger partial charge in [-0.05, 0) is 18.4 Å². The van der Waals surface area contributed by atoms with Crippen molar-refractivity contribution in [2.45, 2.75) is 38.8 Å². The Morgan fingerprint density at radius 2 is 2.05 bits per heavy atom. The number of halogens is 1. The molecule has 0 bridgehead atoms. The lowest BCUT2D eigenvalue weighted by atomic mass is 10.1. The van der Waals surface area contributed by atoms with Gasteiger partial charge in [-0.2, -0.15) is 5.10 Å². The molecule has 2 rings (SSSR count). The first-order chi connectivity index (χ1) is 10.2. The second-order valence-electron chi connectivity index (χ2n) is 5.06. The summed E-state index contributed by atoms with van der Waals surface area (Å²) in [6, 6.07) is 11.5. The number of carbonyl (C=O) groups is 1. The van der Waals surface area contributed by atoms with Crippen molar-refractivity contribution in [2.24, 2.45) is 5.73 Å². The van der Waals surface area contributed by atoms with Crippen LogP contribution < -0.4 is 11.1 Å². The summed E-state index contributed by atoms with van der Waals surface area (Å²) in [5.41, 5.74) is 7.06. The predicted molar refractivity (Wildman–Crippen MR) is 91.1 cm³/mol. The topological polar surface area (TPSA) is 72.9 Å². The van der Waals surface area contributed by atoms with Crippen LogP contribution in [0.3, 0.4) is 0 Å². The van der Waals surface area contributed by atoms with Crippen molar-refractivity contribution >= 4 is 24.1 Å². The Bertz CT molecular complexity index is 571. The number of carbonyl (C=O) groups excluding carboxylic acids is 1. The lowest BCUT2D eigenvalue weighted by molar-refractivity contribution is -0.117. The van der Waals surface area contributed by atoms with E-state index < -0.39 is 6.04 Å². The fourth-order valence-corrected chi connectivity index (χ4v) is 2.16. The number of hydrogen-bond donors (Lipinski definition) is 2. The van der Waals surface area contributed by atoms with Gasteiger partial charge in [0.2, 0.25) is 5.91 Å². The van der Waals surface area contributed by atoms with E-state index >= 15 is 0 Å². The first kappa shape index (κ1) is 18.2. The lowest BCUT2D eigenvalue weighted by Crippen LogP contribution is -2.36. The molecule has 1 unspecified atom stereocenters. The second-order valence-corrected chi connectivity index (χ2v) is 5.06. The Hall–Kier alpha value is -1.85. The second kappa shape index (κ2) is 9.23. The van der Waals surface area contributed by atoms with Crippen LogP contribution in [-0.4, -0.2) is 21.7 Å². The monoisotopic (exact) mass is 322 g/mol. The van der Waals surface area contributed by atoms with E-state index in [0.717, 1.165) is 19.4 Å². The molecule has 0 radical (unpaired) electrons. The molecule has 0 saturated carbocycles. The summed E-state index contributed by atoms with van der Waals surface area (Å²) in [4.78, 5) is 11.9. The highest BCUT2D eigenvalue weighted by Gasteiger charge is 2.14. The number of benzene rings is 1. The first-order valence-electron chi connectivity index (χ1n) is 7.33. The maximum Gasteiger partial charge on any atom is 0.242 e. The van der Waals surface area contributed by atoms with Crippen molar-refractivity contribution in [3.8, 4) is 0 Å². The zero-order valence-corrected chi connectivity index (χ0v) is 13.6. The van der Waals surface area contributed by atoms with Gasteiger partial charge < -0.3 is 11.1 Å². The van der Waals surface area contributed by atoms with Gasteiger partial charge in [-0.3, -0.25) is 4.79 Å². The Labute approximate surface area is 137 Å². The standard InChI is InChI=1S/C16H22N4O.ClH/c1-2-6-14(17)16(21)19-15-9-11-18-20(15)12-10-13-7-4-3-5-8-13;/h3-5,7-9,11,14H,2,6,10,12,17H2,1H3,(H,19,21);1H. The average molecular weight is 323 g/mol. The first-order valence-corrected chi connectivity index (χ1v) is 7.33. The number of nitrogens with one attached hydrogen (secondary N) is 1. The van der Waals surface area contributed by atoms with Crippen molar-refractivity contribution in [1.82, 2.24) is 9.78 Å². The Morgan fingerprint density at radius 3 is 2.73 bits per heavy atom. The molecule has 5 nitrogen and oxygen atoms in total. The highest BCUT2D eigenvalue weighted by molar-refractivity contribution is 5.93. The van der Waals surface area contributed by atoms with Crippen molar-refractivity contribution in [3.05, 3.63) is 48.2 Å². The Balaban J connectivity index is 0.00000242. The van der Waals surface area contributed by atoms with Crippen LogP contribution in [0.1, 0.15) is 25.3 Å². The molecule has 22 heavy (non-hydrogen) atoms. The summed E-state index contributed by atoms with van der Waals surface area (Å²) < 4.78 is 1.80. The summed E-state index contributed by atoms with van der Waals surface area (Å²) in [6.07, 6.45) is 4.13. The van der Waals surface area contributed by atoms with Gasteiger partial charge in [0, 0.05) is 12.6 Å². The normalized spacial score (nSPS) is 11.5. The van der Waals surface area contributed by atoms with E-state index in [1.165, 1.54) is 5.56 Å². The van der Waals surface area contributed by atoms with Gasteiger partial charge in [0.05, 0.1) is 12.2 Å². The van der Waals surface area contributed by atoms with Crippen molar-refractivity contribution in [1.29, 1.82) is 0 Å². The number of rotatable bonds is 7. The number of aromatic nitrogens is 2. The van der Waals surface area contributed by atoms with Crippen molar-refractivity contribution in [2.75, 3.05) is 5.32 Å². The molecule has 1 amide bonds. The van der Waals surface area contributed by atoms with Crippen LogP contribution >= 0.6 is 12.4 Å². The Kier molecular flexibility index (Phi) is 7.63. The molecule has 0 saturated heterocycles. The third-order valence-corrected chi connectivity index (χ3v) is 3.36. The van der Waals surface area contributed by atoms with E-state index in [1.54, 1.807) is 16.9 Å². The molecule has 6 heteroatoms. The summed E-state index contributed by atoms with van der Waals surface area (Å²) in [7, 11) is 0. The number of amides is 1. The number of nitrogens with zero attached hydrogens (tertiary/aromatic N) is 2. The molecule has 1 heterocycles. The molecule has 2 aromatic rings. The van der Waals surface area contributed by atoms with Gasteiger partial charge in [-0.1, -0.05) is 43.7 Å². The molecule has 1 aromatic carbocycles. The summed E-state index contributed by atoms with van der Waals surface area (Å²) >= 11 is 0. The van der Waals surface area contributed by atoms with E-state index in [1.807, 2.05) is 25.1 Å². The molecule has 120 valence electrons.